The average Bonchev–Trinajstić information content (AvgIpc) is 3.08. The van der Waals surface area contributed by atoms with E-state index in [4.69, 9.17) is 0 Å². The second-order valence-electron chi connectivity index (χ2n) is 7.26. The molecule has 0 saturated heterocycles. The SMILES string of the molecule is Cc1ccc(S(=O)(=O)Nc2cccc(C(=O)NCc3nc4ccccc4n3C)c2)cc1. The lowest BCUT2D eigenvalue weighted by Gasteiger charge is -2.10. The fraction of sp³-hybridized carbons (Fsp3) is 0.130. The van der Waals surface area contributed by atoms with Gasteiger partial charge in [0.1, 0.15) is 5.82 Å². The molecule has 0 aliphatic carbocycles. The Hall–Kier alpha value is -3.65. The molecule has 4 aromatic rings. The highest BCUT2D eigenvalue weighted by Crippen LogP contribution is 2.18. The van der Waals surface area contributed by atoms with Gasteiger partial charge < -0.3 is 9.88 Å². The molecule has 0 aliphatic heterocycles. The Kier molecular flexibility index (Phi) is 5.48. The van der Waals surface area contributed by atoms with Crippen LogP contribution in [-0.4, -0.2) is 23.9 Å². The van der Waals surface area contributed by atoms with Crippen LogP contribution in [0, 0.1) is 6.92 Å². The molecule has 0 spiro atoms. The van der Waals surface area contributed by atoms with Gasteiger partial charge in [0.25, 0.3) is 15.9 Å². The van der Waals surface area contributed by atoms with E-state index in [-0.39, 0.29) is 17.3 Å². The summed E-state index contributed by atoms with van der Waals surface area (Å²) in [7, 11) is -1.84. The number of aromatic nitrogens is 2. The van der Waals surface area contributed by atoms with Crippen molar-refractivity contribution in [3.63, 3.8) is 0 Å². The van der Waals surface area contributed by atoms with Gasteiger partial charge in [-0.3, -0.25) is 9.52 Å². The first kappa shape index (κ1) is 20.6. The molecule has 0 unspecified atom stereocenters. The van der Waals surface area contributed by atoms with Gasteiger partial charge in [0.15, 0.2) is 0 Å². The van der Waals surface area contributed by atoms with Gasteiger partial charge in [0.05, 0.1) is 22.5 Å². The molecule has 1 aromatic heterocycles. The van der Waals surface area contributed by atoms with Crippen molar-refractivity contribution in [1.82, 2.24) is 14.9 Å². The van der Waals surface area contributed by atoms with Crippen molar-refractivity contribution in [2.45, 2.75) is 18.4 Å². The maximum Gasteiger partial charge on any atom is 0.261 e. The van der Waals surface area contributed by atoms with Crippen LogP contribution in [0.1, 0.15) is 21.7 Å². The van der Waals surface area contributed by atoms with Gasteiger partial charge in [-0.05, 0) is 49.4 Å². The van der Waals surface area contributed by atoms with E-state index in [2.05, 4.69) is 15.0 Å². The number of aryl methyl sites for hydroxylation is 2. The van der Waals surface area contributed by atoms with Crippen molar-refractivity contribution in [3.8, 4) is 0 Å². The number of amides is 1. The van der Waals surface area contributed by atoms with Crippen LogP contribution in [0.5, 0.6) is 0 Å². The van der Waals surface area contributed by atoms with Crippen molar-refractivity contribution in [2.24, 2.45) is 7.05 Å². The number of hydrogen-bond acceptors (Lipinski definition) is 4. The minimum Gasteiger partial charge on any atom is -0.345 e. The summed E-state index contributed by atoms with van der Waals surface area (Å²) in [5.41, 5.74) is 3.48. The second kappa shape index (κ2) is 8.23. The summed E-state index contributed by atoms with van der Waals surface area (Å²) < 4.78 is 29.7. The predicted molar refractivity (Wildman–Crippen MR) is 120 cm³/mol. The molecule has 2 N–H and O–H groups in total. The molecule has 0 bridgehead atoms. The Balaban J connectivity index is 1.47. The molecular formula is C23H22N4O3S. The summed E-state index contributed by atoms with van der Waals surface area (Å²) in [5, 5.41) is 2.85. The first-order chi connectivity index (χ1) is 14.8. The van der Waals surface area contributed by atoms with E-state index in [0.717, 1.165) is 22.4 Å². The first-order valence-corrected chi connectivity index (χ1v) is 11.2. The number of nitrogens with zero attached hydrogens (tertiary/aromatic N) is 2. The summed E-state index contributed by atoms with van der Waals surface area (Å²) in [6.07, 6.45) is 0. The van der Waals surface area contributed by atoms with Gasteiger partial charge in [0.2, 0.25) is 0 Å². The monoisotopic (exact) mass is 434 g/mol. The third-order valence-corrected chi connectivity index (χ3v) is 6.39. The molecule has 7 nitrogen and oxygen atoms in total. The first-order valence-electron chi connectivity index (χ1n) is 9.71. The fourth-order valence-corrected chi connectivity index (χ4v) is 4.32. The average molecular weight is 435 g/mol. The van der Waals surface area contributed by atoms with Crippen LogP contribution in [0.4, 0.5) is 5.69 Å². The van der Waals surface area contributed by atoms with Crippen LogP contribution in [0.3, 0.4) is 0 Å². The van der Waals surface area contributed by atoms with Gasteiger partial charge in [-0.2, -0.15) is 0 Å². The molecule has 1 heterocycles. The van der Waals surface area contributed by atoms with Crippen molar-refractivity contribution in [2.75, 3.05) is 4.72 Å². The fourth-order valence-electron chi connectivity index (χ4n) is 3.27. The lowest BCUT2D eigenvalue weighted by molar-refractivity contribution is 0.0949. The van der Waals surface area contributed by atoms with E-state index in [1.54, 1.807) is 42.5 Å². The molecule has 158 valence electrons. The summed E-state index contributed by atoms with van der Waals surface area (Å²) in [6, 6.07) is 20.7. The summed E-state index contributed by atoms with van der Waals surface area (Å²) >= 11 is 0. The second-order valence-corrected chi connectivity index (χ2v) is 8.94. The number of rotatable bonds is 6. The van der Waals surface area contributed by atoms with Crippen LogP contribution in [-0.2, 0) is 23.6 Å². The Morgan fingerprint density at radius 3 is 2.48 bits per heavy atom. The number of hydrogen-bond donors (Lipinski definition) is 2. The number of carbonyl (C=O) groups is 1. The molecule has 31 heavy (non-hydrogen) atoms. The standard InChI is InChI=1S/C23H22N4O3S/c1-16-10-12-19(13-11-16)31(29,30)26-18-7-5-6-17(14-18)23(28)24-15-22-25-20-8-3-4-9-21(20)27(22)2/h3-14,26H,15H2,1-2H3,(H,24,28). The lowest BCUT2D eigenvalue weighted by Crippen LogP contribution is -2.24. The molecule has 0 radical (unpaired) electrons. The van der Waals surface area contributed by atoms with Gasteiger partial charge in [-0.15, -0.1) is 0 Å². The molecule has 8 heteroatoms. The molecule has 4 rings (SSSR count). The molecular weight excluding hydrogens is 412 g/mol. The molecule has 1 amide bonds. The van der Waals surface area contributed by atoms with E-state index >= 15 is 0 Å². The third kappa shape index (κ3) is 4.44. The maximum atomic E-state index is 12.6. The van der Waals surface area contributed by atoms with E-state index in [1.807, 2.05) is 42.8 Å². The van der Waals surface area contributed by atoms with Crippen molar-refractivity contribution >= 4 is 32.7 Å². The molecule has 3 aromatic carbocycles. The highest BCUT2D eigenvalue weighted by Gasteiger charge is 2.15. The Morgan fingerprint density at radius 2 is 1.74 bits per heavy atom. The molecule has 0 aliphatic rings. The quantitative estimate of drug-likeness (QED) is 0.485. The van der Waals surface area contributed by atoms with Crippen molar-refractivity contribution in [3.05, 3.63) is 89.7 Å². The number of sulfonamides is 1. The number of benzene rings is 3. The zero-order chi connectivity index (χ0) is 22.0. The third-order valence-electron chi connectivity index (χ3n) is 5.00. The minimum absolute atomic E-state index is 0.162. The number of carbonyl (C=O) groups excluding carboxylic acids is 1. The summed E-state index contributed by atoms with van der Waals surface area (Å²) in [6.45, 7) is 2.14. The largest absolute Gasteiger partial charge is 0.345 e. The lowest BCUT2D eigenvalue weighted by atomic mass is 10.2. The normalized spacial score (nSPS) is 11.4. The predicted octanol–water partition coefficient (Wildman–Crippen LogP) is 3.61. The molecule has 0 fully saturated rings. The number of para-hydroxylation sites is 2. The highest BCUT2D eigenvalue weighted by molar-refractivity contribution is 7.92. The smallest absolute Gasteiger partial charge is 0.261 e. The van der Waals surface area contributed by atoms with E-state index < -0.39 is 10.0 Å². The van der Waals surface area contributed by atoms with E-state index in [1.165, 1.54) is 6.07 Å². The topological polar surface area (TPSA) is 93.1 Å². The van der Waals surface area contributed by atoms with Crippen LogP contribution in [0.25, 0.3) is 11.0 Å². The van der Waals surface area contributed by atoms with Crippen molar-refractivity contribution < 1.29 is 13.2 Å². The zero-order valence-corrected chi connectivity index (χ0v) is 18.0. The van der Waals surface area contributed by atoms with E-state index in [0.29, 0.717) is 11.3 Å². The Morgan fingerprint density at radius 1 is 1.00 bits per heavy atom. The Bertz CT molecular complexity index is 1360. The van der Waals surface area contributed by atoms with Crippen molar-refractivity contribution in [1.29, 1.82) is 0 Å². The molecule has 0 atom stereocenters. The van der Waals surface area contributed by atoms with Gasteiger partial charge in [-0.25, -0.2) is 13.4 Å². The number of anilines is 1. The maximum absolute atomic E-state index is 12.6. The molecule has 0 saturated carbocycles. The minimum atomic E-state index is -3.74. The number of nitrogens with one attached hydrogen (secondary N) is 2. The van der Waals surface area contributed by atoms with Gasteiger partial charge >= 0.3 is 0 Å². The van der Waals surface area contributed by atoms with Crippen LogP contribution in [0.2, 0.25) is 0 Å². The zero-order valence-electron chi connectivity index (χ0n) is 17.2. The highest BCUT2D eigenvalue weighted by atomic mass is 32.2. The number of imidazole rings is 1. The number of fused-ring (bicyclic) bond motifs is 1. The van der Waals surface area contributed by atoms with E-state index in [9.17, 15) is 13.2 Å². The van der Waals surface area contributed by atoms with Crippen LogP contribution >= 0.6 is 0 Å². The van der Waals surface area contributed by atoms with Crippen LogP contribution < -0.4 is 10.0 Å². The van der Waals surface area contributed by atoms with Crippen LogP contribution in [0.15, 0.2) is 77.7 Å². The van der Waals surface area contributed by atoms with Gasteiger partial charge in [0, 0.05) is 18.3 Å². The van der Waals surface area contributed by atoms with Gasteiger partial charge in [-0.1, -0.05) is 35.9 Å². The summed E-state index contributed by atoms with van der Waals surface area (Å²) in [5.74, 6) is 0.411. The summed E-state index contributed by atoms with van der Waals surface area (Å²) in [4.78, 5) is 17.3. The Labute approximate surface area is 180 Å².